The van der Waals surface area contributed by atoms with Crippen LogP contribution in [0.3, 0.4) is 0 Å². The zero-order chi connectivity index (χ0) is 30.0. The molecule has 0 fully saturated rings. The summed E-state index contributed by atoms with van der Waals surface area (Å²) in [5.74, 6) is -0.483. The molecule has 0 aliphatic carbocycles. The average molecular weight is 565 g/mol. The second kappa shape index (κ2) is 11.5. The first-order valence-electron chi connectivity index (χ1n) is 13.1. The number of hydrogen-bond donors (Lipinski definition) is 3. The Morgan fingerprint density at radius 1 is 0.718 bits per heavy atom. The van der Waals surface area contributed by atoms with Gasteiger partial charge in [-0.3, -0.25) is 0 Å². The van der Waals surface area contributed by atoms with Crippen LogP contribution >= 0.6 is 7.51 Å². The fourth-order valence-corrected chi connectivity index (χ4v) is 6.84. The van der Waals surface area contributed by atoms with Crippen molar-refractivity contribution in [1.29, 1.82) is 0 Å². The van der Waals surface area contributed by atoms with E-state index in [0.29, 0.717) is 35.1 Å². The SMILES string of the molecule is COC(=O)CCc1cc(C)c(OP(O)(O)(O)c2c(C)cc(CCC(=O)OC)cc2C(C)(C)C)c(C(C)(C)C)c1. The molecule has 0 saturated heterocycles. The van der Waals surface area contributed by atoms with Gasteiger partial charge >= 0.3 is 233 Å². The predicted molar refractivity (Wildman–Crippen MR) is 154 cm³/mol. The molecule has 2 rings (SSSR count). The van der Waals surface area contributed by atoms with Crippen molar-refractivity contribution in [1.82, 2.24) is 0 Å². The van der Waals surface area contributed by atoms with Crippen LogP contribution in [0, 0.1) is 13.8 Å². The van der Waals surface area contributed by atoms with Crippen LogP contribution in [0.15, 0.2) is 24.3 Å². The first-order chi connectivity index (χ1) is 17.7. The molecule has 0 atom stereocenters. The summed E-state index contributed by atoms with van der Waals surface area (Å²) in [7, 11) is -3.29. The van der Waals surface area contributed by atoms with E-state index in [2.05, 4.69) is 0 Å². The molecule has 0 radical (unpaired) electrons. The number of aryl methyl sites for hydroxylation is 4. The minimum absolute atomic E-state index is 0.0515. The van der Waals surface area contributed by atoms with Crippen molar-refractivity contribution in [3.8, 4) is 5.75 Å². The topological polar surface area (TPSA) is 123 Å². The van der Waals surface area contributed by atoms with Gasteiger partial charge in [0.2, 0.25) is 0 Å². The number of benzene rings is 2. The van der Waals surface area contributed by atoms with Crippen molar-refractivity contribution >= 4 is 24.8 Å². The zero-order valence-corrected chi connectivity index (χ0v) is 25.9. The molecule has 0 heterocycles. The van der Waals surface area contributed by atoms with Crippen molar-refractivity contribution in [2.75, 3.05) is 14.2 Å². The fraction of sp³-hybridized carbons (Fsp3) is 0.533. The maximum absolute atomic E-state index is 11.7. The number of hydrogen-bond acceptors (Lipinski definition) is 8. The fourth-order valence-electron chi connectivity index (χ4n) is 4.67. The molecular formula is C30H45O8P. The van der Waals surface area contributed by atoms with Gasteiger partial charge in [-0.1, -0.05) is 0 Å². The molecule has 0 saturated carbocycles. The van der Waals surface area contributed by atoms with Crippen LogP contribution in [0.25, 0.3) is 0 Å². The number of carbonyl (C=O) groups excluding carboxylic acids is 2. The van der Waals surface area contributed by atoms with E-state index in [1.165, 1.54) is 14.2 Å². The van der Waals surface area contributed by atoms with Gasteiger partial charge in [0.05, 0.1) is 0 Å². The van der Waals surface area contributed by atoms with E-state index < -0.39 is 18.3 Å². The zero-order valence-electron chi connectivity index (χ0n) is 25.0. The van der Waals surface area contributed by atoms with Crippen molar-refractivity contribution in [3.63, 3.8) is 0 Å². The number of ether oxygens (including phenoxy) is 2. The monoisotopic (exact) mass is 564 g/mol. The molecule has 0 spiro atoms. The molecule has 2 aromatic carbocycles. The van der Waals surface area contributed by atoms with E-state index in [-0.39, 0.29) is 35.8 Å². The standard InChI is InChI=1S/C30H45O8P/c1-19-15-21(11-13-25(31)36-9)17-23(29(3,4)5)27(19)38-39(33,34,35)28-20(2)16-22(12-14-26(32)37-10)18-24(28)30(6,7)8/h15-18,33-35H,11-14H2,1-10H3. The van der Waals surface area contributed by atoms with Gasteiger partial charge in [-0.05, 0) is 0 Å². The van der Waals surface area contributed by atoms with Gasteiger partial charge in [0, 0.05) is 0 Å². The number of esters is 2. The summed E-state index contributed by atoms with van der Waals surface area (Å²) in [4.78, 5) is 58.4. The Morgan fingerprint density at radius 3 is 1.54 bits per heavy atom. The van der Waals surface area contributed by atoms with Crippen molar-refractivity contribution in [2.24, 2.45) is 0 Å². The molecule has 8 nitrogen and oxygen atoms in total. The van der Waals surface area contributed by atoms with Crippen LogP contribution < -0.4 is 9.83 Å². The van der Waals surface area contributed by atoms with Gasteiger partial charge in [0.15, 0.2) is 0 Å². The van der Waals surface area contributed by atoms with E-state index in [4.69, 9.17) is 14.0 Å². The number of carbonyl (C=O) groups is 2. The summed E-state index contributed by atoms with van der Waals surface area (Å²) < 4.78 is 15.5. The molecule has 2 aromatic rings. The van der Waals surface area contributed by atoms with Gasteiger partial charge in [-0.25, -0.2) is 0 Å². The first kappa shape index (κ1) is 32.7. The van der Waals surface area contributed by atoms with Crippen LogP contribution in [0.5, 0.6) is 5.75 Å². The molecule has 0 aliphatic heterocycles. The van der Waals surface area contributed by atoms with Gasteiger partial charge in [0.1, 0.15) is 0 Å². The number of methoxy groups -OCH3 is 2. The molecule has 0 unspecified atom stereocenters. The van der Waals surface area contributed by atoms with E-state index >= 15 is 0 Å². The van der Waals surface area contributed by atoms with Gasteiger partial charge < -0.3 is 0 Å². The Kier molecular flexibility index (Phi) is 9.67. The van der Waals surface area contributed by atoms with Crippen molar-refractivity contribution in [3.05, 3.63) is 57.6 Å². The second-order valence-corrected chi connectivity index (χ2v) is 14.7. The van der Waals surface area contributed by atoms with Crippen LogP contribution in [0.1, 0.15) is 87.8 Å². The summed E-state index contributed by atoms with van der Waals surface area (Å²) >= 11 is 0. The van der Waals surface area contributed by atoms with Crippen molar-refractivity contribution < 1.29 is 38.3 Å². The third-order valence-corrected chi connectivity index (χ3v) is 8.55. The average Bonchev–Trinajstić information content (AvgIpc) is 2.79. The third kappa shape index (κ3) is 8.24. The number of rotatable bonds is 9. The Hall–Kier alpha value is -2.51. The molecule has 9 heteroatoms. The molecule has 218 valence electrons. The quantitative estimate of drug-likeness (QED) is 0.287. The molecular weight excluding hydrogens is 519 g/mol. The van der Waals surface area contributed by atoms with E-state index in [1.807, 2.05) is 53.7 Å². The van der Waals surface area contributed by atoms with Gasteiger partial charge in [-0.2, -0.15) is 0 Å². The second-order valence-electron chi connectivity index (χ2n) is 12.2. The first-order valence-corrected chi connectivity index (χ1v) is 15.1. The van der Waals surface area contributed by atoms with Crippen LogP contribution in [-0.4, -0.2) is 40.8 Å². The van der Waals surface area contributed by atoms with Gasteiger partial charge in [-0.15, -0.1) is 0 Å². The van der Waals surface area contributed by atoms with E-state index in [9.17, 15) is 24.3 Å². The summed E-state index contributed by atoms with van der Waals surface area (Å²) in [5.41, 5.74) is 2.80. The molecule has 0 aliphatic rings. The van der Waals surface area contributed by atoms with E-state index in [0.717, 1.165) is 11.1 Å². The molecule has 3 N–H and O–H groups in total. The maximum atomic E-state index is 11.7. The van der Waals surface area contributed by atoms with E-state index in [1.54, 1.807) is 26.0 Å². The predicted octanol–water partition coefficient (Wildman–Crippen LogP) is 5.00. The molecule has 0 amide bonds. The molecule has 39 heavy (non-hydrogen) atoms. The van der Waals surface area contributed by atoms with Gasteiger partial charge in [0.25, 0.3) is 0 Å². The van der Waals surface area contributed by atoms with Crippen molar-refractivity contribution in [2.45, 2.75) is 91.9 Å². The Labute approximate surface area is 232 Å². The summed E-state index contributed by atoms with van der Waals surface area (Å²) in [6, 6.07) is 7.19. The van der Waals surface area contributed by atoms with Crippen LogP contribution in [0.2, 0.25) is 0 Å². The third-order valence-electron chi connectivity index (χ3n) is 6.65. The Morgan fingerprint density at radius 2 is 1.13 bits per heavy atom. The summed E-state index contributed by atoms with van der Waals surface area (Å²) in [6.45, 7) is 15.1. The van der Waals surface area contributed by atoms with Crippen LogP contribution in [0.4, 0.5) is 0 Å². The molecule has 0 aromatic heterocycles. The molecule has 0 bridgehead atoms. The Bertz CT molecular complexity index is 1230. The van der Waals surface area contributed by atoms with Crippen LogP contribution in [-0.2, 0) is 42.7 Å². The minimum atomic E-state index is -5.97. The normalized spacial score (nSPS) is 13.4. The Balaban J connectivity index is 2.69. The summed E-state index contributed by atoms with van der Waals surface area (Å²) in [6.07, 6.45) is 1.22. The summed E-state index contributed by atoms with van der Waals surface area (Å²) in [5, 5.41) is -0.0515.